The molecule has 10 aromatic rings. The molecule has 0 unspecified atom stereocenters. The number of aromatic nitrogens is 4. The summed E-state index contributed by atoms with van der Waals surface area (Å²) in [7, 11) is 0. The Balaban J connectivity index is 1.09. The number of hydrogen-bond donors (Lipinski definition) is 0. The Morgan fingerprint density at radius 2 is 0.875 bits per heavy atom. The van der Waals surface area contributed by atoms with E-state index in [1.54, 1.807) is 0 Å². The minimum atomic E-state index is 0.637. The third kappa shape index (κ3) is 5.42. The van der Waals surface area contributed by atoms with Gasteiger partial charge in [-0.3, -0.25) is 0 Å². The predicted octanol–water partition coefficient (Wildman–Crippen LogP) is 12.9. The second-order valence-corrected chi connectivity index (χ2v) is 14.4. The fourth-order valence-electron chi connectivity index (χ4n) is 8.42. The van der Waals surface area contributed by atoms with Gasteiger partial charge in [-0.05, 0) is 81.3 Å². The molecule has 0 saturated heterocycles. The van der Waals surface area contributed by atoms with Crippen molar-refractivity contribution < 1.29 is 0 Å². The molecule has 0 atom stereocenters. The van der Waals surface area contributed by atoms with Crippen molar-refractivity contribution in [3.63, 3.8) is 0 Å². The average Bonchev–Trinajstić information content (AvgIpc) is 3.83. The van der Waals surface area contributed by atoms with Gasteiger partial charge < -0.3 is 4.57 Å². The molecule has 8 aromatic carbocycles. The first-order valence-electron chi connectivity index (χ1n) is 19.1. The maximum absolute atomic E-state index is 5.30. The minimum Gasteiger partial charge on any atom is -0.309 e. The van der Waals surface area contributed by atoms with Crippen molar-refractivity contribution in [3.8, 4) is 73.2 Å². The summed E-state index contributed by atoms with van der Waals surface area (Å²) in [5, 5.41) is 2.40. The van der Waals surface area contributed by atoms with Crippen LogP contribution in [0.3, 0.4) is 0 Å². The van der Waals surface area contributed by atoms with Gasteiger partial charge in [0.1, 0.15) is 0 Å². The Hall–Kier alpha value is -7.43. The van der Waals surface area contributed by atoms with E-state index in [4.69, 9.17) is 15.0 Å². The molecule has 1 aliphatic rings. The van der Waals surface area contributed by atoms with Crippen LogP contribution in [0.2, 0.25) is 0 Å². The Morgan fingerprint density at radius 1 is 0.339 bits per heavy atom. The predicted molar refractivity (Wildman–Crippen MR) is 230 cm³/mol. The molecule has 0 aliphatic heterocycles. The summed E-state index contributed by atoms with van der Waals surface area (Å²) in [6.07, 6.45) is 0.899. The lowest BCUT2D eigenvalue weighted by molar-refractivity contribution is 1.07. The number of rotatable bonds is 6. The van der Waals surface area contributed by atoms with Gasteiger partial charge in [-0.15, -0.1) is 0 Å². The van der Waals surface area contributed by atoms with E-state index in [1.807, 2.05) is 6.07 Å². The topological polar surface area (TPSA) is 43.6 Å². The highest BCUT2D eigenvalue weighted by Gasteiger charge is 2.24. The number of hydrogen-bond acceptors (Lipinski definition) is 3. The van der Waals surface area contributed by atoms with Crippen LogP contribution < -0.4 is 0 Å². The van der Waals surface area contributed by atoms with Crippen molar-refractivity contribution in [2.24, 2.45) is 0 Å². The quantitative estimate of drug-likeness (QED) is 0.172. The second-order valence-electron chi connectivity index (χ2n) is 14.4. The van der Waals surface area contributed by atoms with Gasteiger partial charge in [0.2, 0.25) is 0 Å². The minimum absolute atomic E-state index is 0.637. The standard InChI is InChI=1S/C52H34N4/c1-3-13-34(14-4-1)35-25-27-36(28-26-35)37-16-11-18-40(31-37)50-53-51(55-52(54-50)46-23-12-17-39-32-38-15-7-8-21-43(38)49(39)46)41-29-30-45-44-22-9-10-24-47(44)56(48(45)33-41)42-19-5-2-6-20-42/h1-31,33H,32H2. The first-order chi connectivity index (χ1) is 27.7. The molecule has 1 aliphatic carbocycles. The molecular formula is C52H34N4. The summed E-state index contributed by atoms with van der Waals surface area (Å²) in [5.74, 6) is 1.94. The Kier molecular flexibility index (Phi) is 7.52. The molecule has 0 amide bonds. The summed E-state index contributed by atoms with van der Waals surface area (Å²) in [4.78, 5) is 15.8. The van der Waals surface area contributed by atoms with Crippen molar-refractivity contribution in [2.75, 3.05) is 0 Å². The van der Waals surface area contributed by atoms with Crippen molar-refractivity contribution in [3.05, 3.63) is 205 Å². The van der Waals surface area contributed by atoms with E-state index in [9.17, 15) is 0 Å². The SMILES string of the molecule is c1ccc(-c2ccc(-c3cccc(-c4nc(-c5ccc6c7ccccc7n(-c7ccccc7)c6c5)nc(-c5cccc6c5-c5ccccc5C6)n4)c3)cc2)cc1. The first kappa shape index (κ1) is 32.0. The van der Waals surface area contributed by atoms with Crippen molar-refractivity contribution in [2.45, 2.75) is 6.42 Å². The lowest BCUT2D eigenvalue weighted by Gasteiger charge is -2.13. The van der Waals surface area contributed by atoms with E-state index in [0.29, 0.717) is 17.5 Å². The number of nitrogens with zero attached hydrogens (tertiary/aromatic N) is 4. The molecule has 262 valence electrons. The molecule has 4 heteroatoms. The third-order valence-electron chi connectivity index (χ3n) is 11.1. The smallest absolute Gasteiger partial charge is 0.164 e. The normalized spacial score (nSPS) is 11.9. The van der Waals surface area contributed by atoms with Crippen LogP contribution in [0.1, 0.15) is 11.1 Å². The second kappa shape index (κ2) is 13.2. The fraction of sp³-hybridized carbons (Fsp3) is 0.0192. The molecule has 56 heavy (non-hydrogen) atoms. The monoisotopic (exact) mass is 714 g/mol. The van der Waals surface area contributed by atoms with Gasteiger partial charge in [0.15, 0.2) is 17.5 Å². The van der Waals surface area contributed by atoms with Gasteiger partial charge in [-0.2, -0.15) is 0 Å². The molecule has 0 bridgehead atoms. The highest BCUT2D eigenvalue weighted by Crippen LogP contribution is 2.43. The first-order valence-corrected chi connectivity index (χ1v) is 19.1. The average molecular weight is 715 g/mol. The van der Waals surface area contributed by atoms with E-state index in [-0.39, 0.29) is 0 Å². The van der Waals surface area contributed by atoms with Crippen LogP contribution in [0, 0.1) is 0 Å². The summed E-state index contributed by atoms with van der Waals surface area (Å²) >= 11 is 0. The zero-order valence-corrected chi connectivity index (χ0v) is 30.5. The van der Waals surface area contributed by atoms with Gasteiger partial charge in [0.25, 0.3) is 0 Å². The van der Waals surface area contributed by atoms with E-state index < -0.39 is 0 Å². The molecular weight excluding hydrogens is 681 g/mol. The molecule has 4 nitrogen and oxygen atoms in total. The van der Waals surface area contributed by atoms with Crippen molar-refractivity contribution in [1.82, 2.24) is 19.5 Å². The number of fused-ring (bicyclic) bond motifs is 6. The summed E-state index contributed by atoms with van der Waals surface area (Å²) in [5.41, 5.74) is 16.0. The van der Waals surface area contributed by atoms with Crippen LogP contribution >= 0.6 is 0 Å². The van der Waals surface area contributed by atoms with Crippen LogP contribution in [-0.2, 0) is 6.42 Å². The Labute approximate surface area is 325 Å². The third-order valence-corrected chi connectivity index (χ3v) is 11.1. The van der Waals surface area contributed by atoms with Gasteiger partial charge >= 0.3 is 0 Å². The molecule has 11 rings (SSSR count). The molecule has 0 fully saturated rings. The van der Waals surface area contributed by atoms with Gasteiger partial charge in [0, 0.05) is 33.2 Å². The molecule has 0 N–H and O–H groups in total. The molecule has 0 saturated carbocycles. The van der Waals surface area contributed by atoms with E-state index in [2.05, 4.69) is 193 Å². The number of benzene rings is 8. The zero-order valence-electron chi connectivity index (χ0n) is 30.5. The molecule has 2 aromatic heterocycles. The highest BCUT2D eigenvalue weighted by atomic mass is 15.0. The lowest BCUT2D eigenvalue weighted by atomic mass is 9.98. The maximum Gasteiger partial charge on any atom is 0.164 e. The fourth-order valence-corrected chi connectivity index (χ4v) is 8.42. The van der Waals surface area contributed by atoms with Crippen LogP contribution in [0.4, 0.5) is 0 Å². The molecule has 2 heterocycles. The number of para-hydroxylation sites is 2. The van der Waals surface area contributed by atoms with Crippen molar-refractivity contribution in [1.29, 1.82) is 0 Å². The largest absolute Gasteiger partial charge is 0.309 e. The zero-order chi connectivity index (χ0) is 37.0. The van der Waals surface area contributed by atoms with Gasteiger partial charge in [-0.1, -0.05) is 164 Å². The van der Waals surface area contributed by atoms with Crippen LogP contribution in [0.25, 0.3) is 95.0 Å². The molecule has 0 spiro atoms. The van der Waals surface area contributed by atoms with Gasteiger partial charge in [0.05, 0.1) is 11.0 Å². The summed E-state index contributed by atoms with van der Waals surface area (Å²) in [6, 6.07) is 68.8. The summed E-state index contributed by atoms with van der Waals surface area (Å²) < 4.78 is 2.34. The Bertz CT molecular complexity index is 3090. The van der Waals surface area contributed by atoms with E-state index in [1.165, 1.54) is 44.2 Å². The highest BCUT2D eigenvalue weighted by molar-refractivity contribution is 6.10. The maximum atomic E-state index is 5.30. The molecule has 0 radical (unpaired) electrons. The van der Waals surface area contributed by atoms with E-state index >= 15 is 0 Å². The van der Waals surface area contributed by atoms with Crippen LogP contribution in [0.5, 0.6) is 0 Å². The van der Waals surface area contributed by atoms with Crippen LogP contribution in [0.15, 0.2) is 194 Å². The van der Waals surface area contributed by atoms with Crippen molar-refractivity contribution >= 4 is 21.8 Å². The van der Waals surface area contributed by atoms with Crippen LogP contribution in [-0.4, -0.2) is 19.5 Å². The van der Waals surface area contributed by atoms with Gasteiger partial charge in [-0.25, -0.2) is 15.0 Å². The van der Waals surface area contributed by atoms with E-state index in [0.717, 1.165) is 51.0 Å². The lowest BCUT2D eigenvalue weighted by Crippen LogP contribution is -2.01. The summed E-state index contributed by atoms with van der Waals surface area (Å²) in [6.45, 7) is 0. The Morgan fingerprint density at radius 3 is 1.70 bits per heavy atom.